The van der Waals surface area contributed by atoms with Gasteiger partial charge in [-0.3, -0.25) is 9.69 Å². The maximum absolute atomic E-state index is 14.7. The van der Waals surface area contributed by atoms with Crippen molar-refractivity contribution >= 4 is 39.1 Å². The number of benzene rings is 2. The zero-order valence-electron chi connectivity index (χ0n) is 19.7. The van der Waals surface area contributed by atoms with Gasteiger partial charge in [-0.05, 0) is 86.9 Å². The molecule has 0 aromatic heterocycles. The Labute approximate surface area is 215 Å². The van der Waals surface area contributed by atoms with Gasteiger partial charge in [0.1, 0.15) is 11.6 Å². The first-order chi connectivity index (χ1) is 16.5. The van der Waals surface area contributed by atoms with Crippen LogP contribution in [0.3, 0.4) is 0 Å². The number of rotatable bonds is 8. The van der Waals surface area contributed by atoms with Crippen molar-refractivity contribution in [3.63, 3.8) is 0 Å². The SMILES string of the molecule is C[C@@H](c1ccc(Cl)cc1Cl)N1CCC(COc2cc(F)c(C(=O)NS(C)(=O)=O)cc2C2CC2)CC1. The fourth-order valence-corrected chi connectivity index (χ4v) is 5.57. The molecule has 35 heavy (non-hydrogen) atoms. The van der Waals surface area contributed by atoms with Crippen LogP contribution in [-0.4, -0.2) is 45.2 Å². The van der Waals surface area contributed by atoms with Crippen LogP contribution < -0.4 is 9.46 Å². The summed E-state index contributed by atoms with van der Waals surface area (Å²) in [4.78, 5) is 14.6. The topological polar surface area (TPSA) is 75.7 Å². The monoisotopic (exact) mass is 542 g/mol. The van der Waals surface area contributed by atoms with Crippen molar-refractivity contribution in [3.8, 4) is 5.75 Å². The molecule has 10 heteroatoms. The normalized spacial score (nSPS) is 18.3. The van der Waals surface area contributed by atoms with Gasteiger partial charge in [-0.1, -0.05) is 29.3 Å². The second-order valence-corrected chi connectivity index (χ2v) is 12.1. The number of halogens is 3. The van der Waals surface area contributed by atoms with E-state index in [2.05, 4.69) is 11.8 Å². The third-order valence-corrected chi connectivity index (χ3v) is 7.84. The highest BCUT2D eigenvalue weighted by Crippen LogP contribution is 2.45. The molecule has 1 saturated heterocycles. The van der Waals surface area contributed by atoms with Gasteiger partial charge in [0.05, 0.1) is 18.4 Å². The van der Waals surface area contributed by atoms with Gasteiger partial charge in [0, 0.05) is 22.2 Å². The molecule has 0 unspecified atom stereocenters. The molecule has 1 amide bonds. The molecule has 6 nitrogen and oxygen atoms in total. The lowest BCUT2D eigenvalue weighted by molar-refractivity contribution is 0.0977. The van der Waals surface area contributed by atoms with Crippen LogP contribution in [-0.2, 0) is 10.0 Å². The summed E-state index contributed by atoms with van der Waals surface area (Å²) in [6.07, 6.45) is 4.59. The van der Waals surface area contributed by atoms with Crippen LogP contribution in [0.4, 0.5) is 4.39 Å². The van der Waals surface area contributed by atoms with Gasteiger partial charge in [0.2, 0.25) is 10.0 Å². The average molecular weight is 543 g/mol. The van der Waals surface area contributed by atoms with E-state index < -0.39 is 21.7 Å². The third-order valence-electron chi connectivity index (χ3n) is 6.72. The molecular formula is C25H29Cl2FN2O4S. The maximum Gasteiger partial charge on any atom is 0.267 e. The number of nitrogens with one attached hydrogen (secondary N) is 1. The summed E-state index contributed by atoms with van der Waals surface area (Å²) < 4.78 is 45.4. The minimum absolute atomic E-state index is 0.169. The zero-order valence-corrected chi connectivity index (χ0v) is 22.0. The van der Waals surface area contributed by atoms with Crippen molar-refractivity contribution in [1.82, 2.24) is 9.62 Å². The first-order valence-corrected chi connectivity index (χ1v) is 14.3. The van der Waals surface area contributed by atoms with Crippen LogP contribution in [0, 0.1) is 11.7 Å². The predicted molar refractivity (Wildman–Crippen MR) is 135 cm³/mol. The third kappa shape index (κ3) is 6.67. The Morgan fingerprint density at radius 2 is 1.86 bits per heavy atom. The van der Waals surface area contributed by atoms with Crippen LogP contribution in [0.2, 0.25) is 10.0 Å². The molecule has 0 radical (unpaired) electrons. The fraction of sp³-hybridized carbons (Fsp3) is 0.480. The summed E-state index contributed by atoms with van der Waals surface area (Å²) in [5.74, 6) is -0.816. The summed E-state index contributed by atoms with van der Waals surface area (Å²) in [6.45, 7) is 4.38. The Kier molecular flexibility index (Phi) is 7.95. The van der Waals surface area contributed by atoms with E-state index in [1.807, 2.05) is 16.9 Å². The molecule has 1 N–H and O–H groups in total. The van der Waals surface area contributed by atoms with Crippen molar-refractivity contribution in [3.05, 3.63) is 62.9 Å². The van der Waals surface area contributed by atoms with E-state index in [1.165, 1.54) is 12.1 Å². The number of nitrogens with zero attached hydrogens (tertiary/aromatic N) is 1. The van der Waals surface area contributed by atoms with Gasteiger partial charge < -0.3 is 4.74 Å². The van der Waals surface area contributed by atoms with Gasteiger partial charge in [0.25, 0.3) is 5.91 Å². The number of carbonyl (C=O) groups excluding carboxylic acids is 1. The predicted octanol–water partition coefficient (Wildman–Crippen LogP) is 5.55. The van der Waals surface area contributed by atoms with E-state index in [1.54, 1.807) is 6.07 Å². The average Bonchev–Trinajstić information content (AvgIpc) is 3.62. The highest BCUT2D eigenvalue weighted by Gasteiger charge is 2.31. The lowest BCUT2D eigenvalue weighted by Gasteiger charge is -2.36. The molecule has 1 atom stereocenters. The standard InChI is InChI=1S/C25H29Cl2FN2O4S/c1-15(19-6-5-18(26)11-22(19)27)30-9-7-16(8-10-30)14-34-24-13-23(28)21(12-20(24)17-3-4-17)25(31)29-35(2,32)33/h5-6,11-13,15-17H,3-4,7-10,14H2,1-2H3,(H,29,31)/t15-/m0/s1. The van der Waals surface area contributed by atoms with Crippen molar-refractivity contribution < 1.29 is 22.3 Å². The summed E-state index contributed by atoms with van der Waals surface area (Å²) in [5.41, 5.74) is 1.52. The number of sulfonamides is 1. The van der Waals surface area contributed by atoms with Crippen LogP contribution in [0.15, 0.2) is 30.3 Å². The molecule has 0 bridgehead atoms. The molecule has 190 valence electrons. The van der Waals surface area contributed by atoms with Gasteiger partial charge in [-0.25, -0.2) is 17.5 Å². The number of amides is 1. The lowest BCUT2D eigenvalue weighted by Crippen LogP contribution is -2.37. The second-order valence-electron chi connectivity index (χ2n) is 9.48. The van der Waals surface area contributed by atoms with Crippen molar-refractivity contribution in [1.29, 1.82) is 0 Å². The first kappa shape index (κ1) is 26.2. The molecule has 4 rings (SSSR count). The number of ether oxygens (including phenoxy) is 1. The Morgan fingerprint density at radius 3 is 2.46 bits per heavy atom. The van der Waals surface area contributed by atoms with E-state index in [-0.39, 0.29) is 17.5 Å². The second kappa shape index (κ2) is 10.6. The number of likely N-dealkylation sites (tertiary alicyclic amines) is 1. The molecule has 1 saturated carbocycles. The van der Waals surface area contributed by atoms with Crippen molar-refractivity contribution in [2.75, 3.05) is 26.0 Å². The molecule has 1 heterocycles. The highest BCUT2D eigenvalue weighted by atomic mass is 35.5. The van der Waals surface area contributed by atoms with E-state index in [0.717, 1.165) is 56.2 Å². The van der Waals surface area contributed by atoms with E-state index in [0.29, 0.717) is 28.3 Å². The zero-order chi connectivity index (χ0) is 25.3. The Morgan fingerprint density at radius 1 is 1.17 bits per heavy atom. The molecule has 2 fully saturated rings. The molecule has 1 aliphatic carbocycles. The molecule has 2 aromatic rings. The van der Waals surface area contributed by atoms with Gasteiger partial charge in [-0.15, -0.1) is 0 Å². The number of hydrogen-bond acceptors (Lipinski definition) is 5. The first-order valence-electron chi connectivity index (χ1n) is 11.7. The summed E-state index contributed by atoms with van der Waals surface area (Å²) in [6, 6.07) is 8.41. The van der Waals surface area contributed by atoms with Crippen molar-refractivity contribution in [2.45, 2.75) is 44.6 Å². The summed E-state index contributed by atoms with van der Waals surface area (Å²) in [7, 11) is -3.79. The number of piperidine rings is 1. The smallest absolute Gasteiger partial charge is 0.267 e. The Bertz CT molecular complexity index is 1210. The minimum atomic E-state index is -3.79. The number of carbonyl (C=O) groups is 1. The molecule has 2 aromatic carbocycles. The molecule has 2 aliphatic rings. The van der Waals surface area contributed by atoms with E-state index in [9.17, 15) is 17.6 Å². The quantitative estimate of drug-likeness (QED) is 0.473. The molecule has 0 spiro atoms. The van der Waals surface area contributed by atoms with E-state index in [4.69, 9.17) is 27.9 Å². The maximum atomic E-state index is 14.7. The van der Waals surface area contributed by atoms with E-state index >= 15 is 0 Å². The van der Waals surface area contributed by atoms with Crippen LogP contribution in [0.25, 0.3) is 0 Å². The largest absolute Gasteiger partial charge is 0.493 e. The Balaban J connectivity index is 1.38. The number of hydrogen-bond donors (Lipinski definition) is 1. The van der Waals surface area contributed by atoms with Gasteiger partial charge >= 0.3 is 0 Å². The van der Waals surface area contributed by atoms with Crippen LogP contribution >= 0.6 is 23.2 Å². The van der Waals surface area contributed by atoms with Crippen LogP contribution in [0.5, 0.6) is 5.75 Å². The fourth-order valence-electron chi connectivity index (χ4n) is 4.56. The molecule has 1 aliphatic heterocycles. The lowest BCUT2D eigenvalue weighted by atomic mass is 9.95. The molecular weight excluding hydrogens is 514 g/mol. The summed E-state index contributed by atoms with van der Waals surface area (Å²) in [5, 5.41) is 1.28. The van der Waals surface area contributed by atoms with Crippen molar-refractivity contribution in [2.24, 2.45) is 5.92 Å². The minimum Gasteiger partial charge on any atom is -0.493 e. The summed E-state index contributed by atoms with van der Waals surface area (Å²) >= 11 is 12.4. The van der Waals surface area contributed by atoms with Crippen LogP contribution in [0.1, 0.15) is 66.1 Å². The Hall–Kier alpha value is -1.87. The van der Waals surface area contributed by atoms with Gasteiger partial charge in [-0.2, -0.15) is 0 Å². The highest BCUT2D eigenvalue weighted by molar-refractivity contribution is 7.89. The van der Waals surface area contributed by atoms with Gasteiger partial charge in [0.15, 0.2) is 0 Å².